The minimum atomic E-state index is 0.511. The molecule has 0 heterocycles. The highest BCUT2D eigenvalue weighted by Gasteiger charge is 2.22. The maximum absolute atomic E-state index is 8.76. The molecule has 0 amide bonds. The lowest BCUT2D eigenvalue weighted by molar-refractivity contribution is 0.195. The van der Waals surface area contributed by atoms with Crippen molar-refractivity contribution in [3.05, 3.63) is 0 Å². The molecule has 0 bridgehead atoms. The van der Waals surface area contributed by atoms with Crippen LogP contribution in [0.4, 0.5) is 0 Å². The van der Waals surface area contributed by atoms with Crippen LogP contribution in [0.25, 0.3) is 0 Å². The lowest BCUT2D eigenvalue weighted by Crippen LogP contribution is -2.42. The Morgan fingerprint density at radius 3 is 1.88 bits per heavy atom. The Morgan fingerprint density at radius 2 is 1.47 bits per heavy atom. The van der Waals surface area contributed by atoms with Gasteiger partial charge in [0.05, 0.1) is 11.4 Å². The van der Waals surface area contributed by atoms with Crippen molar-refractivity contribution in [3.8, 4) is 0 Å². The summed E-state index contributed by atoms with van der Waals surface area (Å²) in [5.41, 5.74) is 1.39. The van der Waals surface area contributed by atoms with Gasteiger partial charge in [0.15, 0.2) is 0 Å². The van der Waals surface area contributed by atoms with E-state index in [0.29, 0.717) is 30.6 Å². The van der Waals surface area contributed by atoms with Crippen molar-refractivity contribution in [3.63, 3.8) is 0 Å². The van der Waals surface area contributed by atoms with Crippen LogP contribution in [0.5, 0.6) is 0 Å². The fraction of sp³-hybridized carbons (Fsp3) is 0.833. The van der Waals surface area contributed by atoms with Gasteiger partial charge in [-0.05, 0) is 26.7 Å². The fourth-order valence-corrected chi connectivity index (χ4v) is 2.41. The molecule has 0 atom stereocenters. The van der Waals surface area contributed by atoms with Crippen LogP contribution in [0.2, 0.25) is 0 Å². The molecule has 0 aromatic carbocycles. The average molecular weight is 241 g/mol. The molecule has 0 spiro atoms. The molecule has 1 fully saturated rings. The van der Waals surface area contributed by atoms with Crippen LogP contribution in [-0.4, -0.2) is 45.9 Å². The molecule has 2 N–H and O–H groups in total. The molecule has 1 aliphatic carbocycles. The van der Waals surface area contributed by atoms with Gasteiger partial charge in [0.1, 0.15) is 0 Å². The van der Waals surface area contributed by atoms with Crippen LogP contribution in [0, 0.1) is 0 Å². The molecule has 0 aromatic rings. The van der Waals surface area contributed by atoms with Gasteiger partial charge in [-0.25, -0.2) is 0 Å². The standard InChI is InChI=1S/C12H23N3O2/c1-10(13-16)8-15(9-11(2)14-17)12-6-4-3-5-7-12/h12,16-17H,3-9H2,1-2H3. The van der Waals surface area contributed by atoms with Gasteiger partial charge in [0.2, 0.25) is 0 Å². The SMILES string of the molecule is CC(CN(CC(C)=NO)C1CCCCC1)=NO. The molecule has 17 heavy (non-hydrogen) atoms. The van der Waals surface area contributed by atoms with E-state index in [4.69, 9.17) is 10.4 Å². The third kappa shape index (κ3) is 4.73. The summed E-state index contributed by atoms with van der Waals surface area (Å²) >= 11 is 0. The highest BCUT2D eigenvalue weighted by Crippen LogP contribution is 2.22. The van der Waals surface area contributed by atoms with E-state index >= 15 is 0 Å². The summed E-state index contributed by atoms with van der Waals surface area (Å²) in [7, 11) is 0. The Bertz CT molecular complexity index is 263. The zero-order valence-electron chi connectivity index (χ0n) is 10.8. The summed E-state index contributed by atoms with van der Waals surface area (Å²) in [4.78, 5) is 2.24. The summed E-state index contributed by atoms with van der Waals surface area (Å²) in [6.45, 7) is 4.88. The van der Waals surface area contributed by atoms with Crippen molar-refractivity contribution < 1.29 is 10.4 Å². The van der Waals surface area contributed by atoms with Crippen molar-refractivity contribution in [2.75, 3.05) is 13.1 Å². The summed E-state index contributed by atoms with van der Waals surface area (Å²) in [5, 5.41) is 24.0. The number of hydrogen-bond acceptors (Lipinski definition) is 5. The third-order valence-electron chi connectivity index (χ3n) is 3.30. The fourth-order valence-electron chi connectivity index (χ4n) is 2.41. The first-order valence-electron chi connectivity index (χ1n) is 6.26. The van der Waals surface area contributed by atoms with Gasteiger partial charge in [0, 0.05) is 19.1 Å². The molecular formula is C12H23N3O2. The van der Waals surface area contributed by atoms with Gasteiger partial charge < -0.3 is 10.4 Å². The van der Waals surface area contributed by atoms with E-state index in [9.17, 15) is 0 Å². The van der Waals surface area contributed by atoms with E-state index < -0.39 is 0 Å². The second kappa shape index (κ2) is 7.27. The Morgan fingerprint density at radius 1 is 1.00 bits per heavy atom. The summed E-state index contributed by atoms with van der Waals surface area (Å²) in [5.74, 6) is 0. The van der Waals surface area contributed by atoms with E-state index in [2.05, 4.69) is 15.2 Å². The van der Waals surface area contributed by atoms with Gasteiger partial charge in [-0.15, -0.1) is 0 Å². The predicted molar refractivity (Wildman–Crippen MR) is 68.2 cm³/mol. The van der Waals surface area contributed by atoms with Crippen LogP contribution < -0.4 is 0 Å². The predicted octanol–water partition coefficient (Wildman–Crippen LogP) is 2.32. The Kier molecular flexibility index (Phi) is 5.97. The second-order valence-electron chi connectivity index (χ2n) is 4.87. The van der Waals surface area contributed by atoms with Gasteiger partial charge >= 0.3 is 0 Å². The van der Waals surface area contributed by atoms with Crippen LogP contribution in [0.3, 0.4) is 0 Å². The molecule has 5 heteroatoms. The lowest BCUT2D eigenvalue weighted by Gasteiger charge is -2.33. The largest absolute Gasteiger partial charge is 0.411 e. The Balaban J connectivity index is 2.62. The molecule has 0 unspecified atom stereocenters. The summed E-state index contributed by atoms with van der Waals surface area (Å²) in [6.07, 6.45) is 6.18. The molecule has 0 aliphatic heterocycles. The normalized spacial score (nSPS) is 19.9. The lowest BCUT2D eigenvalue weighted by atomic mass is 9.94. The summed E-state index contributed by atoms with van der Waals surface area (Å²) in [6, 6.07) is 0.511. The number of nitrogens with zero attached hydrogens (tertiary/aromatic N) is 3. The number of rotatable bonds is 5. The maximum Gasteiger partial charge on any atom is 0.0680 e. The van der Waals surface area contributed by atoms with Gasteiger partial charge in [0.25, 0.3) is 0 Å². The van der Waals surface area contributed by atoms with Gasteiger partial charge in [-0.1, -0.05) is 29.6 Å². The first-order chi connectivity index (χ1) is 8.17. The summed E-state index contributed by atoms with van der Waals surface area (Å²) < 4.78 is 0. The van der Waals surface area contributed by atoms with Crippen molar-refractivity contribution in [1.29, 1.82) is 0 Å². The molecule has 1 rings (SSSR count). The van der Waals surface area contributed by atoms with E-state index in [1.165, 1.54) is 32.1 Å². The second-order valence-corrected chi connectivity index (χ2v) is 4.87. The third-order valence-corrected chi connectivity index (χ3v) is 3.30. The molecule has 5 nitrogen and oxygen atoms in total. The van der Waals surface area contributed by atoms with E-state index in [-0.39, 0.29) is 0 Å². The van der Waals surface area contributed by atoms with Crippen LogP contribution in [-0.2, 0) is 0 Å². The minimum absolute atomic E-state index is 0.511. The number of hydrogen-bond donors (Lipinski definition) is 2. The molecule has 1 aliphatic rings. The smallest absolute Gasteiger partial charge is 0.0680 e. The first-order valence-corrected chi connectivity index (χ1v) is 6.26. The van der Waals surface area contributed by atoms with E-state index in [1.54, 1.807) is 13.8 Å². The number of oxime groups is 2. The minimum Gasteiger partial charge on any atom is -0.411 e. The van der Waals surface area contributed by atoms with Crippen molar-refractivity contribution in [1.82, 2.24) is 4.90 Å². The molecular weight excluding hydrogens is 218 g/mol. The molecule has 0 radical (unpaired) electrons. The van der Waals surface area contributed by atoms with Crippen LogP contribution in [0.15, 0.2) is 10.3 Å². The first kappa shape index (κ1) is 14.0. The highest BCUT2D eigenvalue weighted by atomic mass is 16.4. The highest BCUT2D eigenvalue weighted by molar-refractivity contribution is 5.86. The van der Waals surface area contributed by atoms with Crippen LogP contribution in [0.1, 0.15) is 46.0 Å². The monoisotopic (exact) mass is 241 g/mol. The van der Waals surface area contributed by atoms with E-state index in [0.717, 1.165) is 0 Å². The Labute approximate surface area is 103 Å². The maximum atomic E-state index is 8.76. The van der Waals surface area contributed by atoms with Gasteiger partial charge in [-0.2, -0.15) is 0 Å². The van der Waals surface area contributed by atoms with Gasteiger partial charge in [-0.3, -0.25) is 4.90 Å². The van der Waals surface area contributed by atoms with E-state index in [1.807, 2.05) is 0 Å². The average Bonchev–Trinajstić information content (AvgIpc) is 2.38. The molecule has 0 saturated heterocycles. The zero-order chi connectivity index (χ0) is 12.7. The molecule has 0 aromatic heterocycles. The van der Waals surface area contributed by atoms with Crippen LogP contribution >= 0.6 is 0 Å². The zero-order valence-corrected chi connectivity index (χ0v) is 10.8. The van der Waals surface area contributed by atoms with Crippen molar-refractivity contribution in [2.45, 2.75) is 52.0 Å². The molecule has 1 saturated carbocycles. The molecule has 98 valence electrons. The van der Waals surface area contributed by atoms with Crippen molar-refractivity contribution in [2.24, 2.45) is 10.3 Å². The Hall–Kier alpha value is -1.10. The van der Waals surface area contributed by atoms with Crippen molar-refractivity contribution >= 4 is 11.4 Å². The quantitative estimate of drug-likeness (QED) is 0.441. The topological polar surface area (TPSA) is 68.4 Å².